The molecule has 94 valence electrons. The fraction of sp³-hybridized carbons (Fsp3) is 0.769. The van der Waals surface area contributed by atoms with Gasteiger partial charge in [-0.15, -0.1) is 0 Å². The molecule has 2 bridgehead atoms. The van der Waals surface area contributed by atoms with Crippen LogP contribution in [0, 0.1) is 5.92 Å². The molecular weight excluding hydrogens is 214 g/mol. The summed E-state index contributed by atoms with van der Waals surface area (Å²) >= 11 is 0. The van der Waals surface area contributed by atoms with Gasteiger partial charge in [0.25, 0.3) is 0 Å². The fourth-order valence-electron chi connectivity index (χ4n) is 3.37. The number of aromatic nitrogens is 2. The van der Waals surface area contributed by atoms with Gasteiger partial charge in [0, 0.05) is 31.6 Å². The number of aryl methyl sites for hydroxylation is 1. The zero-order valence-corrected chi connectivity index (χ0v) is 10.6. The summed E-state index contributed by atoms with van der Waals surface area (Å²) in [5.41, 5.74) is 1.18. The molecule has 0 radical (unpaired) electrons. The van der Waals surface area contributed by atoms with Crippen molar-refractivity contribution in [3.05, 3.63) is 18.0 Å². The predicted octanol–water partition coefficient (Wildman–Crippen LogP) is 1.12. The zero-order valence-electron chi connectivity index (χ0n) is 10.6. The van der Waals surface area contributed by atoms with E-state index in [-0.39, 0.29) is 0 Å². The van der Waals surface area contributed by atoms with Crippen molar-refractivity contribution in [2.75, 3.05) is 7.05 Å². The van der Waals surface area contributed by atoms with Crippen molar-refractivity contribution < 1.29 is 4.74 Å². The molecule has 0 aliphatic carbocycles. The zero-order chi connectivity index (χ0) is 11.8. The second kappa shape index (κ2) is 4.42. The first-order chi connectivity index (χ1) is 8.26. The third-order valence-electron chi connectivity index (χ3n) is 4.24. The van der Waals surface area contributed by atoms with Gasteiger partial charge >= 0.3 is 0 Å². The van der Waals surface area contributed by atoms with Crippen molar-refractivity contribution >= 4 is 0 Å². The van der Waals surface area contributed by atoms with Gasteiger partial charge in [0.2, 0.25) is 0 Å². The molecule has 3 heterocycles. The first-order valence-corrected chi connectivity index (χ1v) is 6.57. The van der Waals surface area contributed by atoms with Crippen LogP contribution in [0.1, 0.15) is 25.0 Å². The Morgan fingerprint density at radius 2 is 2.47 bits per heavy atom. The molecular formula is C13H21N3O. The number of hydrogen-bond acceptors (Lipinski definition) is 3. The normalized spacial score (nSPS) is 33.2. The molecule has 0 amide bonds. The van der Waals surface area contributed by atoms with Gasteiger partial charge in [-0.05, 0) is 32.4 Å². The van der Waals surface area contributed by atoms with Gasteiger partial charge in [-0.2, -0.15) is 5.10 Å². The van der Waals surface area contributed by atoms with Crippen molar-refractivity contribution in [3.63, 3.8) is 0 Å². The van der Waals surface area contributed by atoms with Crippen molar-refractivity contribution in [1.82, 2.24) is 15.1 Å². The number of rotatable bonds is 4. The molecule has 3 rings (SSSR count). The van der Waals surface area contributed by atoms with Crippen LogP contribution in [0.4, 0.5) is 0 Å². The summed E-state index contributed by atoms with van der Waals surface area (Å²) in [6.07, 6.45) is 7.78. The Morgan fingerprint density at radius 1 is 1.59 bits per heavy atom. The molecule has 4 heteroatoms. The second-order valence-electron chi connectivity index (χ2n) is 5.35. The molecule has 0 saturated carbocycles. The van der Waals surface area contributed by atoms with Crippen LogP contribution in [0.5, 0.6) is 0 Å². The highest BCUT2D eigenvalue weighted by molar-refractivity contribution is 5.05. The molecule has 17 heavy (non-hydrogen) atoms. The lowest BCUT2D eigenvalue weighted by Crippen LogP contribution is -2.40. The van der Waals surface area contributed by atoms with E-state index < -0.39 is 0 Å². The molecule has 4 atom stereocenters. The van der Waals surface area contributed by atoms with Gasteiger partial charge in [-0.1, -0.05) is 0 Å². The van der Waals surface area contributed by atoms with Crippen molar-refractivity contribution in [2.24, 2.45) is 13.0 Å². The minimum atomic E-state index is 0.487. The van der Waals surface area contributed by atoms with Crippen LogP contribution in [0.25, 0.3) is 0 Å². The summed E-state index contributed by atoms with van der Waals surface area (Å²) in [4.78, 5) is 0. The standard InChI is InChI=1S/C13H21N3O/c1-14-12(7-9-5-6-16(2)15-9)11-8-10-3-4-13(11)17-10/h5-6,10-14H,3-4,7-8H2,1-2H3. The lowest BCUT2D eigenvalue weighted by Gasteiger charge is -2.27. The van der Waals surface area contributed by atoms with Crippen molar-refractivity contribution in [2.45, 2.75) is 43.9 Å². The predicted molar refractivity (Wildman–Crippen MR) is 65.8 cm³/mol. The largest absolute Gasteiger partial charge is 0.375 e. The number of hydrogen-bond donors (Lipinski definition) is 1. The summed E-state index contributed by atoms with van der Waals surface area (Å²) in [5.74, 6) is 0.667. The van der Waals surface area contributed by atoms with E-state index >= 15 is 0 Å². The van der Waals surface area contributed by atoms with Gasteiger partial charge in [-0.25, -0.2) is 0 Å². The van der Waals surface area contributed by atoms with E-state index in [0.29, 0.717) is 24.2 Å². The number of fused-ring (bicyclic) bond motifs is 2. The minimum absolute atomic E-state index is 0.487. The molecule has 2 fully saturated rings. The molecule has 2 saturated heterocycles. The van der Waals surface area contributed by atoms with Crippen LogP contribution in [-0.2, 0) is 18.2 Å². The number of nitrogens with zero attached hydrogens (tertiary/aromatic N) is 2. The van der Waals surface area contributed by atoms with Gasteiger partial charge in [0.15, 0.2) is 0 Å². The van der Waals surface area contributed by atoms with E-state index in [1.165, 1.54) is 25.0 Å². The molecule has 2 aliphatic rings. The highest BCUT2D eigenvalue weighted by Crippen LogP contribution is 2.40. The van der Waals surface area contributed by atoms with Crippen LogP contribution < -0.4 is 5.32 Å². The van der Waals surface area contributed by atoms with Gasteiger partial charge in [0.1, 0.15) is 0 Å². The SMILES string of the molecule is CNC(Cc1ccn(C)n1)C1CC2CCC1O2. The molecule has 1 aromatic rings. The fourth-order valence-corrected chi connectivity index (χ4v) is 3.37. The Hall–Kier alpha value is -0.870. The summed E-state index contributed by atoms with van der Waals surface area (Å²) in [6.45, 7) is 0. The molecule has 2 aliphatic heterocycles. The summed E-state index contributed by atoms with van der Waals surface area (Å²) in [5, 5.41) is 7.93. The molecule has 1 N–H and O–H groups in total. The first kappa shape index (κ1) is 11.2. The molecule has 1 aromatic heterocycles. The third-order valence-corrected chi connectivity index (χ3v) is 4.24. The van der Waals surface area contributed by atoms with Gasteiger partial charge in [-0.3, -0.25) is 4.68 Å². The summed E-state index contributed by atoms with van der Waals surface area (Å²) < 4.78 is 7.82. The Morgan fingerprint density at radius 3 is 3.00 bits per heavy atom. The smallest absolute Gasteiger partial charge is 0.0640 e. The number of nitrogens with one attached hydrogen (secondary N) is 1. The van der Waals surface area contributed by atoms with E-state index in [1.807, 2.05) is 17.9 Å². The highest BCUT2D eigenvalue weighted by Gasteiger charge is 2.43. The minimum Gasteiger partial charge on any atom is -0.375 e. The molecule has 0 aromatic carbocycles. The van der Waals surface area contributed by atoms with Crippen LogP contribution in [0.3, 0.4) is 0 Å². The summed E-state index contributed by atoms with van der Waals surface area (Å²) in [7, 11) is 4.03. The molecule has 4 unspecified atom stereocenters. The van der Waals surface area contributed by atoms with E-state index in [9.17, 15) is 0 Å². The van der Waals surface area contributed by atoms with Crippen LogP contribution in [-0.4, -0.2) is 35.1 Å². The van der Waals surface area contributed by atoms with E-state index in [1.54, 1.807) is 0 Å². The maximum Gasteiger partial charge on any atom is 0.0640 e. The Balaban J connectivity index is 1.67. The van der Waals surface area contributed by atoms with Crippen LogP contribution in [0.2, 0.25) is 0 Å². The Kier molecular flexibility index (Phi) is 2.92. The molecule has 0 spiro atoms. The van der Waals surface area contributed by atoms with Gasteiger partial charge < -0.3 is 10.1 Å². The van der Waals surface area contributed by atoms with Gasteiger partial charge in [0.05, 0.1) is 17.9 Å². The van der Waals surface area contributed by atoms with Crippen LogP contribution in [0.15, 0.2) is 12.3 Å². The second-order valence-corrected chi connectivity index (χ2v) is 5.35. The van der Waals surface area contributed by atoms with E-state index in [2.05, 4.69) is 23.5 Å². The Bertz CT molecular complexity index is 390. The van der Waals surface area contributed by atoms with E-state index in [4.69, 9.17) is 4.74 Å². The highest BCUT2D eigenvalue weighted by atomic mass is 16.5. The summed E-state index contributed by atoms with van der Waals surface area (Å²) in [6, 6.07) is 2.61. The quantitative estimate of drug-likeness (QED) is 0.850. The van der Waals surface area contributed by atoms with E-state index in [0.717, 1.165) is 6.42 Å². The maximum absolute atomic E-state index is 5.94. The average Bonchev–Trinajstić information content (AvgIpc) is 3.01. The van der Waals surface area contributed by atoms with Crippen molar-refractivity contribution in [3.8, 4) is 0 Å². The lowest BCUT2D eigenvalue weighted by atomic mass is 9.82. The van der Waals surface area contributed by atoms with Crippen LogP contribution >= 0.6 is 0 Å². The lowest BCUT2D eigenvalue weighted by molar-refractivity contribution is 0.0862. The maximum atomic E-state index is 5.94. The average molecular weight is 235 g/mol. The monoisotopic (exact) mass is 235 g/mol. The number of likely N-dealkylation sites (N-methyl/N-ethyl adjacent to an activating group) is 1. The molecule has 4 nitrogen and oxygen atoms in total. The number of ether oxygens (including phenoxy) is 1. The Labute approximate surface area is 102 Å². The van der Waals surface area contributed by atoms with Crippen molar-refractivity contribution in [1.29, 1.82) is 0 Å². The third kappa shape index (κ3) is 2.11. The topological polar surface area (TPSA) is 39.1 Å². The first-order valence-electron chi connectivity index (χ1n) is 6.57.